The normalized spacial score (nSPS) is 13.1. The van der Waals surface area contributed by atoms with Crippen LogP contribution in [0.2, 0.25) is 5.02 Å². The van der Waals surface area contributed by atoms with E-state index in [1.807, 2.05) is 13.0 Å². The first-order valence-electron chi connectivity index (χ1n) is 5.73. The van der Waals surface area contributed by atoms with Crippen LogP contribution >= 0.6 is 11.6 Å². The summed E-state index contributed by atoms with van der Waals surface area (Å²) in [7, 11) is 0. The molecular formula is C13H21ClN2. The van der Waals surface area contributed by atoms with Gasteiger partial charge in [0.15, 0.2) is 0 Å². The van der Waals surface area contributed by atoms with Gasteiger partial charge in [0.2, 0.25) is 0 Å². The van der Waals surface area contributed by atoms with Crippen molar-refractivity contribution in [2.45, 2.75) is 33.4 Å². The van der Waals surface area contributed by atoms with E-state index >= 15 is 0 Å². The van der Waals surface area contributed by atoms with Crippen molar-refractivity contribution in [3.05, 3.63) is 34.3 Å². The molecule has 0 aliphatic rings. The smallest absolute Gasteiger partial charge is 0.0453 e. The average Bonchev–Trinajstić information content (AvgIpc) is 2.21. The Hall–Kier alpha value is -0.570. The molecule has 0 fully saturated rings. The van der Waals surface area contributed by atoms with Crippen LogP contribution in [0.5, 0.6) is 0 Å². The summed E-state index contributed by atoms with van der Waals surface area (Å²) in [4.78, 5) is 0. The first-order chi connectivity index (χ1) is 7.54. The molecule has 1 atom stereocenters. The van der Waals surface area contributed by atoms with Gasteiger partial charge in [-0.15, -0.1) is 0 Å². The second-order valence-electron chi connectivity index (χ2n) is 4.56. The average molecular weight is 241 g/mol. The van der Waals surface area contributed by atoms with Gasteiger partial charge in [-0.25, -0.2) is 0 Å². The third-order valence-electron chi connectivity index (χ3n) is 2.82. The zero-order valence-electron chi connectivity index (χ0n) is 10.3. The Kier molecular flexibility index (Phi) is 5.26. The fourth-order valence-corrected chi connectivity index (χ4v) is 1.93. The van der Waals surface area contributed by atoms with E-state index in [0.29, 0.717) is 18.5 Å². The van der Waals surface area contributed by atoms with E-state index < -0.39 is 0 Å². The summed E-state index contributed by atoms with van der Waals surface area (Å²) in [6.07, 6.45) is 0. The molecule has 0 saturated heterocycles. The maximum Gasteiger partial charge on any atom is 0.0453 e. The second kappa shape index (κ2) is 6.24. The summed E-state index contributed by atoms with van der Waals surface area (Å²) >= 11 is 6.16. The number of nitrogens with one attached hydrogen (secondary N) is 1. The number of hydrogen-bond donors (Lipinski definition) is 2. The predicted octanol–water partition coefficient (Wildman–Crippen LogP) is 2.72. The highest BCUT2D eigenvalue weighted by Crippen LogP contribution is 2.17. The van der Waals surface area contributed by atoms with Crippen LogP contribution in [0.25, 0.3) is 0 Å². The van der Waals surface area contributed by atoms with Crippen molar-refractivity contribution in [1.82, 2.24) is 5.32 Å². The van der Waals surface area contributed by atoms with E-state index in [-0.39, 0.29) is 0 Å². The Balaban J connectivity index is 2.60. The molecule has 0 amide bonds. The van der Waals surface area contributed by atoms with Gasteiger partial charge in [0.1, 0.15) is 0 Å². The Labute approximate surface area is 103 Å². The largest absolute Gasteiger partial charge is 0.329 e. The third kappa shape index (κ3) is 3.78. The van der Waals surface area contributed by atoms with Crippen molar-refractivity contribution in [2.24, 2.45) is 11.7 Å². The molecule has 0 spiro atoms. The highest BCUT2D eigenvalue weighted by Gasteiger charge is 2.10. The van der Waals surface area contributed by atoms with Gasteiger partial charge in [-0.1, -0.05) is 37.6 Å². The standard InChI is InChI=1S/C13H21ClN2/c1-9(2)13(7-15)16-8-11-5-4-10(3)6-12(11)14/h4-6,9,13,16H,7-8,15H2,1-3H3. The molecule has 0 bridgehead atoms. The van der Waals surface area contributed by atoms with Crippen LogP contribution in [0.4, 0.5) is 0 Å². The van der Waals surface area contributed by atoms with Crippen molar-refractivity contribution in [3.8, 4) is 0 Å². The number of aryl methyl sites for hydroxylation is 1. The lowest BCUT2D eigenvalue weighted by Crippen LogP contribution is -2.39. The van der Waals surface area contributed by atoms with Gasteiger partial charge in [0.05, 0.1) is 0 Å². The molecule has 90 valence electrons. The van der Waals surface area contributed by atoms with Gasteiger partial charge in [0, 0.05) is 24.2 Å². The molecule has 3 heteroatoms. The number of hydrogen-bond acceptors (Lipinski definition) is 2. The highest BCUT2D eigenvalue weighted by atomic mass is 35.5. The van der Waals surface area contributed by atoms with E-state index in [9.17, 15) is 0 Å². The van der Waals surface area contributed by atoms with Crippen LogP contribution in [0, 0.1) is 12.8 Å². The van der Waals surface area contributed by atoms with Gasteiger partial charge < -0.3 is 11.1 Å². The van der Waals surface area contributed by atoms with Crippen molar-refractivity contribution >= 4 is 11.6 Å². The fraction of sp³-hybridized carbons (Fsp3) is 0.538. The van der Waals surface area contributed by atoms with E-state index in [1.165, 1.54) is 5.56 Å². The fourth-order valence-electron chi connectivity index (χ4n) is 1.63. The molecule has 0 saturated carbocycles. The van der Waals surface area contributed by atoms with Crippen LogP contribution in [-0.2, 0) is 6.54 Å². The molecule has 0 aliphatic carbocycles. The maximum absolute atomic E-state index is 6.16. The molecule has 1 unspecified atom stereocenters. The summed E-state index contributed by atoms with van der Waals surface area (Å²) in [5.74, 6) is 0.536. The van der Waals surface area contributed by atoms with Crippen LogP contribution in [0.3, 0.4) is 0 Å². The monoisotopic (exact) mass is 240 g/mol. The number of rotatable bonds is 5. The lowest BCUT2D eigenvalue weighted by Gasteiger charge is -2.21. The molecule has 0 aliphatic heterocycles. The zero-order chi connectivity index (χ0) is 12.1. The summed E-state index contributed by atoms with van der Waals surface area (Å²) in [5.41, 5.74) is 8.02. The lowest BCUT2D eigenvalue weighted by molar-refractivity contribution is 0.405. The molecule has 1 aromatic carbocycles. The van der Waals surface area contributed by atoms with Crippen molar-refractivity contribution < 1.29 is 0 Å². The summed E-state index contributed by atoms with van der Waals surface area (Å²) in [6, 6.07) is 6.48. The predicted molar refractivity (Wildman–Crippen MR) is 70.7 cm³/mol. The van der Waals surface area contributed by atoms with Crippen molar-refractivity contribution in [2.75, 3.05) is 6.54 Å². The molecule has 1 aromatic rings. The first kappa shape index (κ1) is 13.5. The number of halogens is 1. The van der Waals surface area contributed by atoms with Crippen LogP contribution < -0.4 is 11.1 Å². The van der Waals surface area contributed by atoms with Crippen LogP contribution in [0.1, 0.15) is 25.0 Å². The topological polar surface area (TPSA) is 38.0 Å². The lowest BCUT2D eigenvalue weighted by atomic mass is 10.0. The van der Waals surface area contributed by atoms with Gasteiger partial charge >= 0.3 is 0 Å². The second-order valence-corrected chi connectivity index (χ2v) is 4.97. The van der Waals surface area contributed by atoms with E-state index in [1.54, 1.807) is 0 Å². The van der Waals surface area contributed by atoms with Crippen LogP contribution in [0.15, 0.2) is 18.2 Å². The van der Waals surface area contributed by atoms with Crippen molar-refractivity contribution in [1.29, 1.82) is 0 Å². The molecule has 0 heterocycles. The molecule has 3 N–H and O–H groups in total. The third-order valence-corrected chi connectivity index (χ3v) is 3.17. The van der Waals surface area contributed by atoms with Gasteiger partial charge in [-0.05, 0) is 30.0 Å². The Bertz CT molecular complexity index is 337. The molecule has 2 nitrogen and oxygen atoms in total. The number of nitrogens with two attached hydrogens (primary N) is 1. The van der Waals surface area contributed by atoms with E-state index in [2.05, 4.69) is 31.3 Å². The van der Waals surface area contributed by atoms with Gasteiger partial charge in [-0.3, -0.25) is 0 Å². The number of benzene rings is 1. The Morgan fingerprint density at radius 3 is 2.56 bits per heavy atom. The quantitative estimate of drug-likeness (QED) is 0.831. The summed E-state index contributed by atoms with van der Waals surface area (Å²) in [5, 5.41) is 4.26. The Morgan fingerprint density at radius 1 is 1.38 bits per heavy atom. The molecule has 16 heavy (non-hydrogen) atoms. The minimum atomic E-state index is 0.345. The van der Waals surface area contributed by atoms with Gasteiger partial charge in [-0.2, -0.15) is 0 Å². The molecule has 0 aromatic heterocycles. The van der Waals surface area contributed by atoms with E-state index in [0.717, 1.165) is 17.1 Å². The first-order valence-corrected chi connectivity index (χ1v) is 6.11. The van der Waals surface area contributed by atoms with Gasteiger partial charge in [0.25, 0.3) is 0 Å². The highest BCUT2D eigenvalue weighted by molar-refractivity contribution is 6.31. The molecule has 1 rings (SSSR count). The minimum Gasteiger partial charge on any atom is -0.329 e. The summed E-state index contributed by atoms with van der Waals surface area (Å²) < 4.78 is 0. The Morgan fingerprint density at radius 2 is 2.06 bits per heavy atom. The minimum absolute atomic E-state index is 0.345. The zero-order valence-corrected chi connectivity index (χ0v) is 11.0. The summed E-state index contributed by atoms with van der Waals surface area (Å²) in [6.45, 7) is 7.81. The van der Waals surface area contributed by atoms with E-state index in [4.69, 9.17) is 17.3 Å². The molecule has 0 radical (unpaired) electrons. The van der Waals surface area contributed by atoms with Crippen LogP contribution in [-0.4, -0.2) is 12.6 Å². The molecular weight excluding hydrogens is 220 g/mol. The maximum atomic E-state index is 6.16. The van der Waals surface area contributed by atoms with Crippen molar-refractivity contribution in [3.63, 3.8) is 0 Å². The SMILES string of the molecule is Cc1ccc(CNC(CN)C(C)C)c(Cl)c1.